The molecule has 0 N–H and O–H groups in total. The van der Waals surface area contributed by atoms with E-state index in [0.29, 0.717) is 6.61 Å². The number of aryl methyl sites for hydroxylation is 1. The molecule has 4 nitrogen and oxygen atoms in total. The summed E-state index contributed by atoms with van der Waals surface area (Å²) in [6.45, 7) is 7.91. The highest BCUT2D eigenvalue weighted by Crippen LogP contribution is 2.31. The van der Waals surface area contributed by atoms with E-state index >= 15 is 0 Å². The fraction of sp³-hybridized carbons (Fsp3) is 0.615. The molecular weight excluding hydrogens is 248 g/mol. The number of nitrogens with zero attached hydrogens (tertiary/aromatic N) is 2. The Morgan fingerprint density at radius 3 is 2.67 bits per heavy atom. The number of quaternary nitrogens is 1. The third-order valence-electron chi connectivity index (χ3n) is 3.67. The molecule has 0 radical (unpaired) electrons. The molecule has 0 saturated carbocycles. The average molecular weight is 269 g/mol. The molecule has 2 heterocycles. The third kappa shape index (κ3) is 2.52. The van der Waals surface area contributed by atoms with Crippen molar-refractivity contribution >= 4 is 23.1 Å². The van der Waals surface area contributed by atoms with Gasteiger partial charge in [0, 0.05) is 6.07 Å². The zero-order chi connectivity index (χ0) is 13.2. The predicted octanol–water partition coefficient (Wildman–Crippen LogP) is 2.47. The molecule has 0 spiro atoms. The highest BCUT2D eigenvalue weighted by molar-refractivity contribution is 7.10. The second-order valence-corrected chi connectivity index (χ2v) is 6.01. The van der Waals surface area contributed by atoms with Crippen LogP contribution in [0.25, 0.3) is 0 Å². The van der Waals surface area contributed by atoms with Crippen LogP contribution in [0.1, 0.15) is 11.8 Å². The number of hydrogen-bond acceptors (Lipinski definition) is 3. The molecule has 1 aliphatic heterocycles. The van der Waals surface area contributed by atoms with Crippen LogP contribution in [-0.4, -0.2) is 50.8 Å². The molecule has 1 aromatic rings. The minimum Gasteiger partial charge on any atom is -0.450 e. The lowest BCUT2D eigenvalue weighted by atomic mass is 10.2. The Hall–Kier alpha value is -1.07. The molecule has 1 saturated heterocycles. The molecule has 2 rings (SSSR count). The number of carbonyl (C=O) groups is 1. The maximum Gasteiger partial charge on any atom is 0.410 e. The number of amides is 1. The molecule has 1 aromatic heterocycles. The minimum absolute atomic E-state index is 0.175. The van der Waals surface area contributed by atoms with E-state index in [-0.39, 0.29) is 6.09 Å². The van der Waals surface area contributed by atoms with Crippen molar-refractivity contribution in [3.63, 3.8) is 0 Å². The Morgan fingerprint density at radius 1 is 1.50 bits per heavy atom. The average Bonchev–Trinajstić information content (AvgIpc) is 2.77. The van der Waals surface area contributed by atoms with Crippen molar-refractivity contribution in [3.8, 4) is 0 Å². The van der Waals surface area contributed by atoms with Crippen molar-refractivity contribution in [3.05, 3.63) is 16.3 Å². The van der Waals surface area contributed by atoms with Crippen molar-refractivity contribution in [2.45, 2.75) is 13.8 Å². The number of ether oxygens (including phenoxy) is 1. The van der Waals surface area contributed by atoms with Gasteiger partial charge in [0.25, 0.3) is 0 Å². The summed E-state index contributed by atoms with van der Waals surface area (Å²) < 4.78 is 5.97. The third-order valence-corrected chi connectivity index (χ3v) is 4.50. The maximum atomic E-state index is 11.7. The number of thiophene rings is 1. The molecule has 18 heavy (non-hydrogen) atoms. The van der Waals surface area contributed by atoms with E-state index in [1.165, 1.54) is 10.6 Å². The molecule has 1 fully saturated rings. The number of carbonyl (C=O) groups excluding carboxylic acids is 1. The van der Waals surface area contributed by atoms with Crippen molar-refractivity contribution in [2.24, 2.45) is 0 Å². The van der Waals surface area contributed by atoms with E-state index in [4.69, 9.17) is 4.74 Å². The summed E-state index contributed by atoms with van der Waals surface area (Å²) in [6, 6.07) is 2.21. The largest absolute Gasteiger partial charge is 0.450 e. The predicted molar refractivity (Wildman–Crippen MR) is 75.1 cm³/mol. The van der Waals surface area contributed by atoms with E-state index in [1.54, 1.807) is 11.3 Å². The normalized spacial score (nSPS) is 18.7. The van der Waals surface area contributed by atoms with E-state index in [2.05, 4.69) is 25.4 Å². The van der Waals surface area contributed by atoms with Gasteiger partial charge in [0.1, 0.15) is 18.8 Å². The monoisotopic (exact) mass is 269 g/mol. The second kappa shape index (κ2) is 5.28. The number of piperazine rings is 1. The summed E-state index contributed by atoms with van der Waals surface area (Å²) >= 11 is 1.79. The number of rotatable bonds is 2. The van der Waals surface area contributed by atoms with Gasteiger partial charge in [-0.25, -0.2) is 4.79 Å². The zero-order valence-electron chi connectivity index (χ0n) is 11.3. The molecule has 0 aliphatic carbocycles. The molecule has 0 atom stereocenters. The Morgan fingerprint density at radius 2 is 2.17 bits per heavy atom. The highest BCUT2D eigenvalue weighted by atomic mass is 32.1. The van der Waals surface area contributed by atoms with E-state index < -0.39 is 0 Å². The molecule has 100 valence electrons. The summed E-state index contributed by atoms with van der Waals surface area (Å²) in [4.78, 5) is 14.8. The van der Waals surface area contributed by atoms with Gasteiger partial charge in [-0.3, -0.25) is 9.38 Å². The van der Waals surface area contributed by atoms with Crippen LogP contribution in [-0.2, 0) is 4.74 Å². The molecule has 1 amide bonds. The van der Waals surface area contributed by atoms with Crippen molar-refractivity contribution in [1.29, 1.82) is 0 Å². The Kier molecular flexibility index (Phi) is 3.92. The lowest BCUT2D eigenvalue weighted by Crippen LogP contribution is -2.59. The fourth-order valence-electron chi connectivity index (χ4n) is 2.48. The van der Waals surface area contributed by atoms with Gasteiger partial charge in [0.15, 0.2) is 0 Å². The van der Waals surface area contributed by atoms with Gasteiger partial charge in [-0.2, -0.15) is 0 Å². The first-order valence-corrected chi connectivity index (χ1v) is 7.25. The van der Waals surface area contributed by atoms with Crippen molar-refractivity contribution < 1.29 is 9.53 Å². The Labute approximate surface area is 112 Å². The van der Waals surface area contributed by atoms with Crippen LogP contribution in [0.5, 0.6) is 0 Å². The molecule has 0 unspecified atom stereocenters. The fourth-order valence-corrected chi connectivity index (χ4v) is 3.29. The van der Waals surface area contributed by atoms with Crippen LogP contribution in [0, 0.1) is 6.92 Å². The van der Waals surface area contributed by atoms with E-state index in [1.807, 2.05) is 11.8 Å². The summed E-state index contributed by atoms with van der Waals surface area (Å²) in [5.74, 6) is 0. The molecule has 1 aliphatic rings. The molecular formula is C13H21N2O2S+. The molecule has 0 bridgehead atoms. The summed E-state index contributed by atoms with van der Waals surface area (Å²) in [5, 5.41) is 2.14. The first-order chi connectivity index (χ1) is 8.57. The zero-order valence-corrected chi connectivity index (χ0v) is 12.1. The standard InChI is InChI=1S/C13H21N2O2S/c1-4-17-13(16)14-6-8-15(3,9-7-14)12-5-10-18-11(12)2/h5,10H,4,6-9H2,1-3H3/q+1. The molecule has 0 aromatic carbocycles. The van der Waals surface area contributed by atoms with Crippen LogP contribution >= 0.6 is 11.3 Å². The Bertz CT molecular complexity index is 422. The van der Waals surface area contributed by atoms with Crippen molar-refractivity contribution in [1.82, 2.24) is 9.38 Å². The van der Waals surface area contributed by atoms with Crippen LogP contribution < -0.4 is 4.48 Å². The van der Waals surface area contributed by atoms with Crippen LogP contribution in [0.2, 0.25) is 0 Å². The second-order valence-electron chi connectivity index (χ2n) is 4.89. The quantitative estimate of drug-likeness (QED) is 0.772. The summed E-state index contributed by atoms with van der Waals surface area (Å²) in [7, 11) is 2.25. The summed E-state index contributed by atoms with van der Waals surface area (Å²) in [5.41, 5.74) is 1.39. The SMILES string of the molecule is CCOC(=O)N1CC[N+](C)(c2ccsc2C)CC1. The van der Waals surface area contributed by atoms with Gasteiger partial charge in [0.2, 0.25) is 0 Å². The van der Waals surface area contributed by atoms with E-state index in [0.717, 1.165) is 30.7 Å². The number of hydrogen-bond donors (Lipinski definition) is 0. The van der Waals surface area contributed by atoms with Gasteiger partial charge in [-0.1, -0.05) is 0 Å². The lowest BCUT2D eigenvalue weighted by molar-refractivity contribution is 0.0864. The van der Waals surface area contributed by atoms with Crippen LogP contribution in [0.15, 0.2) is 11.4 Å². The summed E-state index contributed by atoms with van der Waals surface area (Å²) in [6.07, 6.45) is -0.175. The van der Waals surface area contributed by atoms with Gasteiger partial charge in [0.05, 0.1) is 31.6 Å². The van der Waals surface area contributed by atoms with Crippen molar-refractivity contribution in [2.75, 3.05) is 39.8 Å². The van der Waals surface area contributed by atoms with Crippen LogP contribution in [0.4, 0.5) is 10.5 Å². The number of likely N-dealkylation sites (N-methyl/N-ethyl adjacent to an activating group) is 1. The van der Waals surface area contributed by atoms with Gasteiger partial charge in [-0.15, -0.1) is 11.3 Å². The first kappa shape index (κ1) is 13.4. The highest BCUT2D eigenvalue weighted by Gasteiger charge is 2.34. The van der Waals surface area contributed by atoms with Gasteiger partial charge >= 0.3 is 6.09 Å². The molecule has 5 heteroatoms. The van der Waals surface area contributed by atoms with Crippen LogP contribution in [0.3, 0.4) is 0 Å². The van der Waals surface area contributed by atoms with Gasteiger partial charge in [-0.05, 0) is 19.2 Å². The Balaban J connectivity index is 2.02. The van der Waals surface area contributed by atoms with Gasteiger partial charge < -0.3 is 4.74 Å². The van der Waals surface area contributed by atoms with E-state index in [9.17, 15) is 4.79 Å². The topological polar surface area (TPSA) is 29.5 Å². The lowest BCUT2D eigenvalue weighted by Gasteiger charge is -2.41. The first-order valence-electron chi connectivity index (χ1n) is 6.38. The smallest absolute Gasteiger partial charge is 0.410 e. The maximum absolute atomic E-state index is 11.7. The minimum atomic E-state index is -0.175.